The SMILES string of the molecule is CCc1ccc(C#Cc2ccc(NC)cc2C)cc1. The first-order valence-corrected chi connectivity index (χ1v) is 6.62. The van der Waals surface area contributed by atoms with Crippen LogP contribution in [0.25, 0.3) is 0 Å². The van der Waals surface area contributed by atoms with E-state index in [1.807, 2.05) is 7.05 Å². The van der Waals surface area contributed by atoms with Crippen molar-refractivity contribution in [1.29, 1.82) is 0 Å². The lowest BCUT2D eigenvalue weighted by Gasteiger charge is -2.03. The van der Waals surface area contributed by atoms with Crippen LogP contribution < -0.4 is 5.32 Å². The Morgan fingerprint density at radius 3 is 2.32 bits per heavy atom. The zero-order valence-corrected chi connectivity index (χ0v) is 11.7. The van der Waals surface area contributed by atoms with Crippen LogP contribution in [0.4, 0.5) is 5.69 Å². The first-order valence-electron chi connectivity index (χ1n) is 6.62. The van der Waals surface area contributed by atoms with Crippen molar-refractivity contribution < 1.29 is 0 Å². The summed E-state index contributed by atoms with van der Waals surface area (Å²) in [6, 6.07) is 14.7. The maximum atomic E-state index is 3.24. The molecule has 96 valence electrons. The zero-order valence-electron chi connectivity index (χ0n) is 11.7. The van der Waals surface area contributed by atoms with E-state index in [0.29, 0.717) is 0 Å². The van der Waals surface area contributed by atoms with Crippen molar-refractivity contribution >= 4 is 5.69 Å². The van der Waals surface area contributed by atoms with Crippen LogP contribution in [-0.2, 0) is 6.42 Å². The van der Waals surface area contributed by atoms with Gasteiger partial charge in [0.05, 0.1) is 0 Å². The Kier molecular flexibility index (Phi) is 4.26. The molecule has 1 heteroatoms. The van der Waals surface area contributed by atoms with E-state index in [0.717, 1.165) is 23.2 Å². The molecule has 2 rings (SSSR count). The lowest BCUT2D eigenvalue weighted by Crippen LogP contribution is -1.90. The molecule has 19 heavy (non-hydrogen) atoms. The van der Waals surface area contributed by atoms with E-state index in [1.54, 1.807) is 0 Å². The molecule has 0 radical (unpaired) electrons. The van der Waals surface area contributed by atoms with Gasteiger partial charge in [0.15, 0.2) is 0 Å². The van der Waals surface area contributed by atoms with Crippen molar-refractivity contribution in [3.05, 3.63) is 64.7 Å². The minimum Gasteiger partial charge on any atom is -0.388 e. The fourth-order valence-corrected chi connectivity index (χ4v) is 1.92. The molecule has 0 spiro atoms. The molecule has 2 aromatic rings. The van der Waals surface area contributed by atoms with Gasteiger partial charge in [-0.3, -0.25) is 0 Å². The van der Waals surface area contributed by atoms with Crippen molar-refractivity contribution in [2.75, 3.05) is 12.4 Å². The van der Waals surface area contributed by atoms with Crippen molar-refractivity contribution in [1.82, 2.24) is 0 Å². The molecule has 0 amide bonds. The van der Waals surface area contributed by atoms with E-state index in [9.17, 15) is 0 Å². The summed E-state index contributed by atoms with van der Waals surface area (Å²) >= 11 is 0. The van der Waals surface area contributed by atoms with Crippen molar-refractivity contribution in [2.24, 2.45) is 0 Å². The van der Waals surface area contributed by atoms with Crippen LogP contribution in [0.2, 0.25) is 0 Å². The first kappa shape index (κ1) is 13.2. The molecular weight excluding hydrogens is 230 g/mol. The molecule has 0 aliphatic heterocycles. The average Bonchev–Trinajstić information content (AvgIpc) is 2.46. The Balaban J connectivity index is 2.23. The van der Waals surface area contributed by atoms with E-state index in [2.05, 4.69) is 73.5 Å². The van der Waals surface area contributed by atoms with E-state index in [4.69, 9.17) is 0 Å². The number of aryl methyl sites for hydroxylation is 2. The Hall–Kier alpha value is -2.20. The van der Waals surface area contributed by atoms with Crippen LogP contribution in [-0.4, -0.2) is 7.05 Å². The van der Waals surface area contributed by atoms with Gasteiger partial charge in [-0.05, 0) is 54.8 Å². The molecule has 0 saturated heterocycles. The van der Waals surface area contributed by atoms with E-state index >= 15 is 0 Å². The number of hydrogen-bond acceptors (Lipinski definition) is 1. The molecule has 0 fully saturated rings. The normalized spacial score (nSPS) is 9.63. The van der Waals surface area contributed by atoms with Gasteiger partial charge in [-0.2, -0.15) is 0 Å². The third-order valence-electron chi connectivity index (χ3n) is 3.22. The van der Waals surface area contributed by atoms with E-state index < -0.39 is 0 Å². The fraction of sp³-hybridized carbons (Fsp3) is 0.222. The highest BCUT2D eigenvalue weighted by molar-refractivity contribution is 5.54. The fourth-order valence-electron chi connectivity index (χ4n) is 1.92. The summed E-state index contributed by atoms with van der Waals surface area (Å²) in [4.78, 5) is 0. The lowest BCUT2D eigenvalue weighted by molar-refractivity contribution is 1.14. The number of rotatable bonds is 2. The number of nitrogens with one attached hydrogen (secondary N) is 1. The molecule has 0 saturated carbocycles. The van der Waals surface area contributed by atoms with E-state index in [1.165, 1.54) is 11.1 Å². The van der Waals surface area contributed by atoms with Crippen molar-refractivity contribution in [3.63, 3.8) is 0 Å². The second-order valence-electron chi connectivity index (χ2n) is 4.58. The summed E-state index contributed by atoms with van der Waals surface area (Å²) in [6.07, 6.45) is 1.07. The van der Waals surface area contributed by atoms with Crippen LogP contribution in [0.5, 0.6) is 0 Å². The predicted molar refractivity (Wildman–Crippen MR) is 82.5 cm³/mol. The highest BCUT2D eigenvalue weighted by Gasteiger charge is 1.96. The van der Waals surface area contributed by atoms with Gasteiger partial charge >= 0.3 is 0 Å². The molecule has 1 nitrogen and oxygen atoms in total. The molecule has 0 atom stereocenters. The second-order valence-corrected chi connectivity index (χ2v) is 4.58. The standard InChI is InChI=1S/C18H19N/c1-4-15-5-7-16(8-6-15)9-10-17-11-12-18(19-3)13-14(17)2/h5-8,11-13,19H,4H2,1-3H3. The molecule has 0 aliphatic rings. The molecular formula is C18H19N. The van der Waals surface area contributed by atoms with Crippen molar-refractivity contribution in [3.8, 4) is 11.8 Å². The number of benzene rings is 2. The van der Waals surface area contributed by atoms with Crippen LogP contribution in [0.15, 0.2) is 42.5 Å². The van der Waals surface area contributed by atoms with Gasteiger partial charge in [0.2, 0.25) is 0 Å². The minimum absolute atomic E-state index is 1.06. The Morgan fingerprint density at radius 2 is 1.74 bits per heavy atom. The molecule has 0 aliphatic carbocycles. The van der Waals surface area contributed by atoms with Crippen LogP contribution >= 0.6 is 0 Å². The Morgan fingerprint density at radius 1 is 1.00 bits per heavy atom. The van der Waals surface area contributed by atoms with Gasteiger partial charge in [-0.15, -0.1) is 0 Å². The maximum Gasteiger partial charge on any atom is 0.0341 e. The predicted octanol–water partition coefficient (Wildman–Crippen LogP) is 4.00. The highest BCUT2D eigenvalue weighted by Crippen LogP contribution is 2.14. The Bertz CT molecular complexity index is 612. The molecule has 0 bridgehead atoms. The summed E-state index contributed by atoms with van der Waals surface area (Å²) in [5, 5.41) is 3.13. The monoisotopic (exact) mass is 249 g/mol. The van der Waals surface area contributed by atoms with Gasteiger partial charge in [0, 0.05) is 23.9 Å². The quantitative estimate of drug-likeness (QED) is 0.793. The smallest absolute Gasteiger partial charge is 0.0341 e. The molecule has 1 N–H and O–H groups in total. The Labute approximate surface area is 115 Å². The summed E-state index contributed by atoms with van der Waals surface area (Å²) < 4.78 is 0. The van der Waals surface area contributed by atoms with Crippen LogP contribution in [0.3, 0.4) is 0 Å². The molecule has 0 heterocycles. The molecule has 2 aromatic carbocycles. The van der Waals surface area contributed by atoms with Crippen molar-refractivity contribution in [2.45, 2.75) is 20.3 Å². The maximum absolute atomic E-state index is 3.24. The summed E-state index contributed by atoms with van der Waals surface area (Å²) in [5.41, 5.74) is 5.81. The number of anilines is 1. The van der Waals surface area contributed by atoms with Gasteiger partial charge in [0.25, 0.3) is 0 Å². The van der Waals surface area contributed by atoms with Gasteiger partial charge in [0.1, 0.15) is 0 Å². The van der Waals surface area contributed by atoms with Gasteiger partial charge in [-0.1, -0.05) is 30.9 Å². The third-order valence-corrected chi connectivity index (χ3v) is 3.22. The molecule has 0 unspecified atom stereocenters. The van der Waals surface area contributed by atoms with Crippen LogP contribution in [0, 0.1) is 18.8 Å². The number of hydrogen-bond donors (Lipinski definition) is 1. The summed E-state index contributed by atoms with van der Waals surface area (Å²) in [6.45, 7) is 4.25. The average molecular weight is 249 g/mol. The van der Waals surface area contributed by atoms with Crippen LogP contribution in [0.1, 0.15) is 29.2 Å². The van der Waals surface area contributed by atoms with Gasteiger partial charge < -0.3 is 5.32 Å². The second kappa shape index (κ2) is 6.11. The minimum atomic E-state index is 1.06. The van der Waals surface area contributed by atoms with E-state index in [-0.39, 0.29) is 0 Å². The zero-order chi connectivity index (χ0) is 13.7. The highest BCUT2D eigenvalue weighted by atomic mass is 14.8. The summed E-state index contributed by atoms with van der Waals surface area (Å²) in [5.74, 6) is 6.46. The largest absolute Gasteiger partial charge is 0.388 e. The molecule has 0 aromatic heterocycles. The topological polar surface area (TPSA) is 12.0 Å². The summed E-state index contributed by atoms with van der Waals surface area (Å²) in [7, 11) is 1.93. The van der Waals surface area contributed by atoms with Gasteiger partial charge in [-0.25, -0.2) is 0 Å². The third kappa shape index (κ3) is 3.39. The first-order chi connectivity index (χ1) is 9.22. The lowest BCUT2D eigenvalue weighted by atomic mass is 10.1.